The van der Waals surface area contributed by atoms with Gasteiger partial charge >= 0.3 is 0 Å². The second-order valence-electron chi connectivity index (χ2n) is 6.26. The normalized spacial score (nSPS) is 37.8. The van der Waals surface area contributed by atoms with Crippen molar-refractivity contribution in [3.05, 3.63) is 18.5 Å². The van der Waals surface area contributed by atoms with Crippen molar-refractivity contribution in [1.82, 2.24) is 9.71 Å². The molecule has 1 heterocycles. The van der Waals surface area contributed by atoms with Crippen LogP contribution in [0.4, 0.5) is 5.69 Å². The summed E-state index contributed by atoms with van der Waals surface area (Å²) in [7, 11) is -1.75. The van der Waals surface area contributed by atoms with E-state index >= 15 is 0 Å². The second-order valence-corrected chi connectivity index (χ2v) is 7.94. The minimum Gasteiger partial charge on any atom is -0.387 e. The number of aromatic nitrogens is 1. The fourth-order valence-corrected chi connectivity index (χ4v) is 5.99. The number of hydrogen-bond acceptors (Lipinski definition) is 4. The lowest BCUT2D eigenvalue weighted by Gasteiger charge is -2.13. The molecule has 5 nitrogen and oxygen atoms in total. The van der Waals surface area contributed by atoms with E-state index in [1.54, 1.807) is 19.3 Å². The van der Waals surface area contributed by atoms with Gasteiger partial charge in [-0.2, -0.15) is 0 Å². The van der Waals surface area contributed by atoms with E-state index in [-0.39, 0.29) is 10.9 Å². The minimum atomic E-state index is -3.48. The fourth-order valence-electron chi connectivity index (χ4n) is 4.53. The summed E-state index contributed by atoms with van der Waals surface area (Å²) in [5, 5.41) is 2.92. The quantitative estimate of drug-likeness (QED) is 0.881. The van der Waals surface area contributed by atoms with E-state index in [1.165, 1.54) is 25.5 Å². The summed E-state index contributed by atoms with van der Waals surface area (Å²) >= 11 is 0. The molecule has 2 N–H and O–H groups in total. The average molecular weight is 293 g/mol. The zero-order valence-corrected chi connectivity index (χ0v) is 12.2. The summed E-state index contributed by atoms with van der Waals surface area (Å²) in [6.07, 6.45) is 6.91. The predicted molar refractivity (Wildman–Crippen MR) is 75.7 cm³/mol. The molecule has 0 spiro atoms. The number of nitrogens with one attached hydrogen (secondary N) is 2. The Balaban J connectivity index is 1.57. The number of sulfonamides is 1. The van der Waals surface area contributed by atoms with Crippen LogP contribution in [0.15, 0.2) is 23.4 Å². The van der Waals surface area contributed by atoms with Gasteiger partial charge in [0.15, 0.2) is 0 Å². The highest BCUT2D eigenvalue weighted by Crippen LogP contribution is 2.65. The molecule has 0 amide bonds. The van der Waals surface area contributed by atoms with Crippen LogP contribution in [0.5, 0.6) is 0 Å². The Bertz CT molecular complexity index is 630. The number of anilines is 1. The van der Waals surface area contributed by atoms with Crippen molar-refractivity contribution >= 4 is 15.7 Å². The van der Waals surface area contributed by atoms with Crippen LogP contribution in [0.25, 0.3) is 0 Å². The van der Waals surface area contributed by atoms with Gasteiger partial charge in [0.25, 0.3) is 0 Å². The van der Waals surface area contributed by atoms with Gasteiger partial charge < -0.3 is 5.32 Å². The van der Waals surface area contributed by atoms with E-state index in [2.05, 4.69) is 15.0 Å². The van der Waals surface area contributed by atoms with Crippen molar-refractivity contribution in [3.63, 3.8) is 0 Å². The topological polar surface area (TPSA) is 71.1 Å². The smallest absolute Gasteiger partial charge is 0.244 e. The summed E-state index contributed by atoms with van der Waals surface area (Å²) in [6, 6.07) is 1.85. The van der Waals surface area contributed by atoms with Gasteiger partial charge in [0.1, 0.15) is 4.90 Å². The summed E-state index contributed by atoms with van der Waals surface area (Å²) in [6.45, 7) is 0. The van der Waals surface area contributed by atoms with Crippen LogP contribution >= 0.6 is 0 Å². The van der Waals surface area contributed by atoms with E-state index in [1.807, 2.05) is 0 Å². The maximum Gasteiger partial charge on any atom is 0.244 e. The second kappa shape index (κ2) is 4.18. The highest BCUT2D eigenvalue weighted by atomic mass is 32.2. The number of fused-ring (bicyclic) bond motifs is 5. The number of hydrogen-bond donors (Lipinski definition) is 2. The Kier molecular flexibility index (Phi) is 2.63. The Morgan fingerprint density at radius 2 is 1.95 bits per heavy atom. The van der Waals surface area contributed by atoms with Gasteiger partial charge in [0.2, 0.25) is 10.0 Å². The molecule has 3 fully saturated rings. The minimum absolute atomic E-state index is 0.163. The summed E-state index contributed by atoms with van der Waals surface area (Å²) in [4.78, 5) is 4.19. The van der Waals surface area contributed by atoms with Crippen LogP contribution in [-0.4, -0.2) is 26.5 Å². The van der Waals surface area contributed by atoms with Crippen molar-refractivity contribution in [2.45, 2.75) is 30.2 Å². The summed E-state index contributed by atoms with van der Waals surface area (Å²) < 4.78 is 28.0. The van der Waals surface area contributed by atoms with E-state index < -0.39 is 10.0 Å². The molecule has 0 aromatic carbocycles. The van der Waals surface area contributed by atoms with Gasteiger partial charge in [-0.25, -0.2) is 13.1 Å². The summed E-state index contributed by atoms with van der Waals surface area (Å²) in [5.74, 6) is 2.71. The maximum absolute atomic E-state index is 12.5. The first kappa shape index (κ1) is 12.6. The molecule has 4 atom stereocenters. The molecular formula is C14H19N3O2S. The third-order valence-corrected chi connectivity index (χ3v) is 6.86. The van der Waals surface area contributed by atoms with Gasteiger partial charge in [0.05, 0.1) is 5.69 Å². The third-order valence-electron chi connectivity index (χ3n) is 5.37. The molecule has 1 aromatic rings. The van der Waals surface area contributed by atoms with E-state index in [9.17, 15) is 8.42 Å². The summed E-state index contributed by atoms with van der Waals surface area (Å²) in [5.41, 5.74) is 0.598. The fraction of sp³-hybridized carbons (Fsp3) is 0.643. The van der Waals surface area contributed by atoms with Gasteiger partial charge in [0, 0.05) is 25.5 Å². The molecule has 4 unspecified atom stereocenters. The lowest BCUT2D eigenvalue weighted by Crippen LogP contribution is -2.30. The zero-order valence-electron chi connectivity index (χ0n) is 11.4. The predicted octanol–water partition coefficient (Wildman–Crippen LogP) is 1.45. The standard InChI is InChI=1S/C14H19N3O2S/c1-15-10-4-5-16-7-11(10)20(18,19)17-14-12-8-2-3-9(6-8)13(12)14/h4-5,7-9,12-14,17H,2-3,6H2,1H3,(H,15,16). The van der Waals surface area contributed by atoms with Crippen LogP contribution in [-0.2, 0) is 10.0 Å². The first-order valence-corrected chi connectivity index (χ1v) is 8.74. The Morgan fingerprint density at radius 3 is 2.60 bits per heavy atom. The molecule has 4 rings (SSSR count). The molecule has 0 saturated heterocycles. The molecule has 3 aliphatic carbocycles. The van der Waals surface area contributed by atoms with E-state index in [0.717, 1.165) is 11.8 Å². The van der Waals surface area contributed by atoms with Gasteiger partial charge in [-0.3, -0.25) is 4.98 Å². The first-order valence-electron chi connectivity index (χ1n) is 7.26. The highest BCUT2D eigenvalue weighted by Gasteiger charge is 2.65. The van der Waals surface area contributed by atoms with E-state index in [0.29, 0.717) is 17.5 Å². The first-order chi connectivity index (χ1) is 9.62. The molecule has 0 radical (unpaired) electrons. The van der Waals surface area contributed by atoms with Gasteiger partial charge in [-0.15, -0.1) is 0 Å². The molecule has 1 aromatic heterocycles. The number of nitrogens with zero attached hydrogens (tertiary/aromatic N) is 1. The van der Waals surface area contributed by atoms with Crippen molar-refractivity contribution in [3.8, 4) is 0 Å². The van der Waals surface area contributed by atoms with Crippen LogP contribution < -0.4 is 10.0 Å². The highest BCUT2D eigenvalue weighted by molar-refractivity contribution is 7.89. The maximum atomic E-state index is 12.5. The molecule has 3 saturated carbocycles. The van der Waals surface area contributed by atoms with Crippen LogP contribution in [0.3, 0.4) is 0 Å². The van der Waals surface area contributed by atoms with Crippen molar-refractivity contribution < 1.29 is 8.42 Å². The number of rotatable bonds is 4. The molecule has 20 heavy (non-hydrogen) atoms. The number of pyridine rings is 1. The monoisotopic (exact) mass is 293 g/mol. The van der Waals surface area contributed by atoms with Crippen LogP contribution in [0.2, 0.25) is 0 Å². The molecular weight excluding hydrogens is 274 g/mol. The van der Waals surface area contributed by atoms with Gasteiger partial charge in [-0.05, 0) is 49.0 Å². The van der Waals surface area contributed by atoms with Crippen LogP contribution in [0.1, 0.15) is 19.3 Å². The molecule has 0 aliphatic heterocycles. The molecule has 108 valence electrons. The zero-order chi connectivity index (χ0) is 13.9. The third kappa shape index (κ3) is 1.71. The SMILES string of the molecule is CNc1ccncc1S(=O)(=O)NC1C2C3CCC(C3)C12. The Morgan fingerprint density at radius 1 is 1.25 bits per heavy atom. The largest absolute Gasteiger partial charge is 0.387 e. The van der Waals surface area contributed by atoms with Crippen LogP contribution in [0, 0.1) is 23.7 Å². The van der Waals surface area contributed by atoms with Crippen molar-refractivity contribution in [2.24, 2.45) is 23.7 Å². The van der Waals surface area contributed by atoms with Crippen molar-refractivity contribution in [1.29, 1.82) is 0 Å². The average Bonchev–Trinajstić information content (AvgIpc) is 2.85. The molecule has 2 bridgehead atoms. The molecule has 6 heteroatoms. The lowest BCUT2D eigenvalue weighted by atomic mass is 10.0. The Hall–Kier alpha value is -1.14. The Labute approximate surface area is 119 Å². The van der Waals surface area contributed by atoms with E-state index in [4.69, 9.17) is 0 Å². The van der Waals surface area contributed by atoms with Gasteiger partial charge in [-0.1, -0.05) is 0 Å². The van der Waals surface area contributed by atoms with Crippen molar-refractivity contribution in [2.75, 3.05) is 12.4 Å². The molecule has 3 aliphatic rings. The lowest BCUT2D eigenvalue weighted by molar-refractivity contribution is 0.456.